The van der Waals surface area contributed by atoms with Gasteiger partial charge in [-0.2, -0.15) is 0 Å². The second kappa shape index (κ2) is 8.40. The van der Waals surface area contributed by atoms with E-state index in [9.17, 15) is 13.2 Å². The molecule has 1 fully saturated rings. The highest BCUT2D eigenvalue weighted by Gasteiger charge is 2.37. The standard InChI is InChI=1S/C21H26ClNO5S/c1-13-9-19(10-14(2)20(13)22)28-16(4)21(24)23(11-18-6-5-15(3)27-18)17-7-8-29(25,26)12-17/h5-6,9-10,16-17H,7-8,11-12H2,1-4H3. The average molecular weight is 440 g/mol. The van der Waals surface area contributed by atoms with Crippen molar-refractivity contribution in [1.29, 1.82) is 0 Å². The van der Waals surface area contributed by atoms with Gasteiger partial charge < -0.3 is 14.1 Å². The smallest absolute Gasteiger partial charge is 0.264 e. The molecule has 2 unspecified atom stereocenters. The summed E-state index contributed by atoms with van der Waals surface area (Å²) in [7, 11) is -3.14. The number of carbonyl (C=O) groups excluding carboxylic acids is 1. The molecule has 0 saturated carbocycles. The Bertz CT molecular complexity index is 991. The SMILES string of the molecule is Cc1ccc(CN(C(=O)C(C)Oc2cc(C)c(Cl)c(C)c2)C2CCS(=O)(=O)C2)o1. The van der Waals surface area contributed by atoms with E-state index in [1.54, 1.807) is 30.0 Å². The third-order valence-corrected chi connectivity index (χ3v) is 7.47. The van der Waals surface area contributed by atoms with E-state index in [4.69, 9.17) is 20.8 Å². The van der Waals surface area contributed by atoms with Crippen LogP contribution in [-0.2, 0) is 21.2 Å². The number of hydrogen-bond acceptors (Lipinski definition) is 5. The molecule has 1 aromatic heterocycles. The van der Waals surface area contributed by atoms with Crippen molar-refractivity contribution in [2.75, 3.05) is 11.5 Å². The second-order valence-corrected chi connectivity index (χ2v) is 10.3. The van der Waals surface area contributed by atoms with E-state index in [2.05, 4.69) is 0 Å². The third kappa shape index (κ3) is 5.14. The zero-order valence-corrected chi connectivity index (χ0v) is 18.6. The number of benzene rings is 1. The van der Waals surface area contributed by atoms with Gasteiger partial charge in [0.25, 0.3) is 5.91 Å². The van der Waals surface area contributed by atoms with E-state index in [1.807, 2.05) is 26.8 Å². The molecule has 1 aliphatic rings. The number of aryl methyl sites for hydroxylation is 3. The maximum absolute atomic E-state index is 13.2. The van der Waals surface area contributed by atoms with Crippen LogP contribution in [0, 0.1) is 20.8 Å². The van der Waals surface area contributed by atoms with Gasteiger partial charge in [0.2, 0.25) is 0 Å². The zero-order chi connectivity index (χ0) is 21.3. The second-order valence-electron chi connectivity index (χ2n) is 7.67. The van der Waals surface area contributed by atoms with Gasteiger partial charge in [-0.1, -0.05) is 11.6 Å². The van der Waals surface area contributed by atoms with Gasteiger partial charge in [-0.15, -0.1) is 0 Å². The van der Waals surface area contributed by atoms with Crippen molar-refractivity contribution in [2.24, 2.45) is 0 Å². The minimum atomic E-state index is -3.14. The molecule has 6 nitrogen and oxygen atoms in total. The Labute approximate surface area is 176 Å². The van der Waals surface area contributed by atoms with Gasteiger partial charge in [0.05, 0.1) is 18.1 Å². The van der Waals surface area contributed by atoms with Crippen LogP contribution in [0.1, 0.15) is 36.0 Å². The Kier molecular flexibility index (Phi) is 6.29. The first-order valence-corrected chi connectivity index (χ1v) is 11.8. The maximum Gasteiger partial charge on any atom is 0.264 e. The summed E-state index contributed by atoms with van der Waals surface area (Å²) < 4.78 is 35.5. The minimum Gasteiger partial charge on any atom is -0.481 e. The van der Waals surface area contributed by atoms with Gasteiger partial charge in [0.15, 0.2) is 15.9 Å². The number of amides is 1. The molecule has 0 spiro atoms. The zero-order valence-electron chi connectivity index (χ0n) is 17.1. The lowest BCUT2D eigenvalue weighted by molar-refractivity contribution is -0.141. The van der Waals surface area contributed by atoms with Crippen LogP contribution >= 0.6 is 11.6 Å². The summed E-state index contributed by atoms with van der Waals surface area (Å²) in [5.41, 5.74) is 1.73. The number of hydrogen-bond donors (Lipinski definition) is 0. The molecule has 0 bridgehead atoms. The lowest BCUT2D eigenvalue weighted by Gasteiger charge is -2.30. The molecule has 1 aromatic carbocycles. The van der Waals surface area contributed by atoms with E-state index < -0.39 is 22.0 Å². The molecule has 1 aliphatic heterocycles. The highest BCUT2D eigenvalue weighted by Crippen LogP contribution is 2.27. The average Bonchev–Trinajstić information content (AvgIpc) is 3.21. The summed E-state index contributed by atoms with van der Waals surface area (Å²) in [5, 5.41) is 0.669. The van der Waals surface area contributed by atoms with Crippen LogP contribution in [0.25, 0.3) is 0 Å². The third-order valence-electron chi connectivity index (χ3n) is 5.13. The van der Waals surface area contributed by atoms with Crippen molar-refractivity contribution in [1.82, 2.24) is 4.90 Å². The molecule has 0 aliphatic carbocycles. The minimum absolute atomic E-state index is 0.0374. The number of halogens is 1. The fourth-order valence-corrected chi connectivity index (χ4v) is 5.45. The van der Waals surface area contributed by atoms with Gasteiger partial charge in [-0.25, -0.2) is 8.42 Å². The van der Waals surface area contributed by atoms with Crippen LogP contribution in [-0.4, -0.2) is 42.9 Å². The predicted molar refractivity (Wildman–Crippen MR) is 112 cm³/mol. The summed E-state index contributed by atoms with van der Waals surface area (Å²) >= 11 is 6.21. The van der Waals surface area contributed by atoms with Gasteiger partial charge in [-0.3, -0.25) is 4.79 Å². The van der Waals surface area contributed by atoms with E-state index in [-0.39, 0.29) is 24.0 Å². The molecular weight excluding hydrogens is 414 g/mol. The quantitative estimate of drug-likeness (QED) is 0.683. The molecule has 0 radical (unpaired) electrons. The molecule has 0 N–H and O–H groups in total. The van der Waals surface area contributed by atoms with Crippen molar-refractivity contribution in [2.45, 2.75) is 52.8 Å². The van der Waals surface area contributed by atoms with Crippen molar-refractivity contribution >= 4 is 27.3 Å². The van der Waals surface area contributed by atoms with Crippen LogP contribution in [0.5, 0.6) is 5.75 Å². The highest BCUT2D eigenvalue weighted by molar-refractivity contribution is 7.91. The highest BCUT2D eigenvalue weighted by atomic mass is 35.5. The number of ether oxygens (including phenoxy) is 1. The molecule has 1 amide bonds. The topological polar surface area (TPSA) is 76.8 Å². The van der Waals surface area contributed by atoms with Crippen LogP contribution in [0.2, 0.25) is 5.02 Å². The Morgan fingerprint density at radius 1 is 1.28 bits per heavy atom. The molecular formula is C21H26ClNO5S. The van der Waals surface area contributed by atoms with Crippen LogP contribution in [0.3, 0.4) is 0 Å². The summed E-state index contributed by atoms with van der Waals surface area (Å²) in [4.78, 5) is 14.8. The van der Waals surface area contributed by atoms with Crippen molar-refractivity contribution < 1.29 is 22.4 Å². The molecule has 8 heteroatoms. The maximum atomic E-state index is 13.2. The van der Waals surface area contributed by atoms with Gasteiger partial charge >= 0.3 is 0 Å². The summed E-state index contributed by atoms with van der Waals surface area (Å²) in [6.07, 6.45) is -0.367. The van der Waals surface area contributed by atoms with Crippen LogP contribution in [0.4, 0.5) is 0 Å². The van der Waals surface area contributed by atoms with Crippen molar-refractivity contribution in [3.05, 3.63) is 51.9 Å². The van der Waals surface area contributed by atoms with Gasteiger partial charge in [-0.05, 0) is 69.5 Å². The van der Waals surface area contributed by atoms with Gasteiger partial charge in [0, 0.05) is 11.1 Å². The Balaban J connectivity index is 1.81. The van der Waals surface area contributed by atoms with Crippen LogP contribution in [0.15, 0.2) is 28.7 Å². The largest absolute Gasteiger partial charge is 0.481 e. The Morgan fingerprint density at radius 3 is 2.45 bits per heavy atom. The molecule has 3 rings (SSSR count). The van der Waals surface area contributed by atoms with E-state index in [1.165, 1.54) is 0 Å². The summed E-state index contributed by atoms with van der Waals surface area (Å²) in [6.45, 7) is 7.46. The number of rotatable bonds is 6. The normalized spacial score (nSPS) is 19.1. The van der Waals surface area contributed by atoms with E-state index >= 15 is 0 Å². The number of sulfone groups is 1. The number of nitrogens with zero attached hydrogens (tertiary/aromatic N) is 1. The summed E-state index contributed by atoms with van der Waals surface area (Å²) in [6, 6.07) is 6.82. The first-order chi connectivity index (χ1) is 13.6. The fourth-order valence-electron chi connectivity index (χ4n) is 3.61. The molecule has 2 aromatic rings. The monoisotopic (exact) mass is 439 g/mol. The first-order valence-electron chi connectivity index (χ1n) is 9.55. The molecule has 2 heterocycles. The van der Waals surface area contributed by atoms with E-state index in [0.29, 0.717) is 23.0 Å². The van der Waals surface area contributed by atoms with Gasteiger partial charge in [0.1, 0.15) is 17.3 Å². The Hall–Kier alpha value is -1.99. The first kappa shape index (κ1) is 21.7. The summed E-state index contributed by atoms with van der Waals surface area (Å²) in [5.74, 6) is 1.69. The molecule has 29 heavy (non-hydrogen) atoms. The fraction of sp³-hybridized carbons (Fsp3) is 0.476. The number of carbonyl (C=O) groups is 1. The molecule has 1 saturated heterocycles. The molecule has 158 valence electrons. The lowest BCUT2D eigenvalue weighted by atomic mass is 10.1. The number of furan rings is 1. The van der Waals surface area contributed by atoms with E-state index in [0.717, 1.165) is 16.9 Å². The molecule has 2 atom stereocenters. The van der Waals surface area contributed by atoms with Crippen molar-refractivity contribution in [3.8, 4) is 5.75 Å². The van der Waals surface area contributed by atoms with Crippen molar-refractivity contribution in [3.63, 3.8) is 0 Å². The predicted octanol–water partition coefficient (Wildman–Crippen LogP) is 3.84. The van der Waals surface area contributed by atoms with Crippen LogP contribution < -0.4 is 4.74 Å². The lowest BCUT2D eigenvalue weighted by Crippen LogP contribution is -2.46. The Morgan fingerprint density at radius 2 is 1.93 bits per heavy atom.